The molecule has 41 heavy (non-hydrogen) atoms. The Morgan fingerprint density at radius 1 is 1.10 bits per heavy atom. The molecule has 1 aliphatic heterocycles. The highest BCUT2D eigenvalue weighted by Crippen LogP contribution is 2.33. The Balaban J connectivity index is 1.31. The van der Waals surface area contributed by atoms with Crippen LogP contribution in [0.2, 0.25) is 0 Å². The first-order chi connectivity index (χ1) is 19.9. The molecule has 2 aromatic rings. The number of aliphatic hydroxyl groups is 1. The number of unbranched alkanes of at least 4 members (excludes halogenated alkanes) is 1. The Hall–Kier alpha value is -3.63. The summed E-state index contributed by atoms with van der Waals surface area (Å²) in [6.45, 7) is 3.28. The van der Waals surface area contributed by atoms with Crippen LogP contribution in [-0.2, 0) is 16.1 Å². The number of hydrogen-bond donors (Lipinski definition) is 3. The highest BCUT2D eigenvalue weighted by Gasteiger charge is 2.27. The molecule has 0 spiro atoms. The number of nitrogens with one attached hydrogen (secondary N) is 1. The van der Waals surface area contributed by atoms with Gasteiger partial charge in [-0.15, -0.1) is 0 Å². The molecule has 2 amide bonds. The number of anilines is 1. The Bertz CT molecular complexity index is 1210. The molecule has 2 aliphatic rings. The fraction of sp³-hybridized carbons (Fsp3) is 0.516. The average Bonchev–Trinajstić information content (AvgIpc) is 2.98. The maximum absolute atomic E-state index is 13.3. The van der Waals surface area contributed by atoms with Gasteiger partial charge in [-0.1, -0.05) is 43.5 Å². The predicted octanol–water partition coefficient (Wildman–Crippen LogP) is 3.63. The Labute approximate surface area is 243 Å². The van der Waals surface area contributed by atoms with E-state index in [-0.39, 0.29) is 37.0 Å². The number of ether oxygens (including phenoxy) is 1. The molecule has 1 aliphatic carbocycles. The minimum Gasteiger partial charge on any atom is -0.493 e. The monoisotopic (exact) mass is 564 g/mol. The molecule has 1 heterocycles. The molecule has 1 fully saturated rings. The number of fused-ring (bicyclic) bond motifs is 1. The fourth-order valence-electron chi connectivity index (χ4n) is 5.70. The molecule has 4 rings (SSSR count). The lowest BCUT2D eigenvalue weighted by Crippen LogP contribution is -2.50. The standard InChI is InChI=1S/C31H44N6O4/c1-23-11-6-7-15-27(23)37(33-2)30(40)22-35-21-25-26(34-31(35)32)14-10-16-28(25)41-20-9-8-17-29(39)36(18-19-38)24-12-4-3-5-13-24/h6-7,10-11,14-16,24,33,38H,3-5,8-9,12-13,17-22H2,1-2H3,(H2,32,34). The molecule has 4 N–H and O–H groups in total. The number of nitrogens with zero attached hydrogens (tertiary/aromatic N) is 4. The number of hydrogen-bond acceptors (Lipinski definition) is 8. The molecular formula is C31H44N6O4. The van der Waals surface area contributed by atoms with Crippen LogP contribution in [0.3, 0.4) is 0 Å². The Kier molecular flexibility index (Phi) is 11.0. The number of aryl methyl sites for hydroxylation is 1. The van der Waals surface area contributed by atoms with Crippen molar-refractivity contribution in [1.29, 1.82) is 0 Å². The van der Waals surface area contributed by atoms with E-state index in [0.717, 1.165) is 54.6 Å². The number of carbonyl (C=O) groups is 2. The number of guanidine groups is 1. The van der Waals surface area contributed by atoms with Gasteiger partial charge in [-0.25, -0.2) is 15.4 Å². The molecule has 0 atom stereocenters. The van der Waals surface area contributed by atoms with Crippen molar-refractivity contribution in [3.63, 3.8) is 0 Å². The molecule has 0 bridgehead atoms. The van der Waals surface area contributed by atoms with Gasteiger partial charge in [-0.05, 0) is 56.4 Å². The molecule has 10 nitrogen and oxygen atoms in total. The number of rotatable bonds is 13. The second kappa shape index (κ2) is 14.8. The molecule has 222 valence electrons. The van der Waals surface area contributed by atoms with Gasteiger partial charge in [0.05, 0.1) is 31.1 Å². The summed E-state index contributed by atoms with van der Waals surface area (Å²) < 4.78 is 6.14. The third-order valence-electron chi connectivity index (χ3n) is 7.89. The van der Waals surface area contributed by atoms with Gasteiger partial charge in [0, 0.05) is 31.6 Å². The smallest absolute Gasteiger partial charge is 0.260 e. The molecule has 0 saturated heterocycles. The maximum atomic E-state index is 13.3. The second-order valence-electron chi connectivity index (χ2n) is 10.7. The van der Waals surface area contributed by atoms with E-state index >= 15 is 0 Å². The van der Waals surface area contributed by atoms with Crippen LogP contribution in [-0.4, -0.2) is 72.1 Å². The van der Waals surface area contributed by atoms with Crippen LogP contribution in [0.4, 0.5) is 11.4 Å². The van der Waals surface area contributed by atoms with Crippen molar-refractivity contribution >= 4 is 29.1 Å². The number of hydrazine groups is 1. The van der Waals surface area contributed by atoms with Crippen molar-refractivity contribution in [2.45, 2.75) is 70.9 Å². The summed E-state index contributed by atoms with van der Waals surface area (Å²) in [6.07, 6.45) is 7.48. The lowest BCUT2D eigenvalue weighted by atomic mass is 9.94. The molecule has 0 aromatic heterocycles. The molecular weight excluding hydrogens is 520 g/mol. The van der Waals surface area contributed by atoms with Gasteiger partial charge < -0.3 is 25.4 Å². The number of aliphatic hydroxyl groups excluding tert-OH is 1. The van der Waals surface area contributed by atoms with Crippen LogP contribution in [0.1, 0.15) is 62.5 Å². The molecule has 0 unspecified atom stereocenters. The molecule has 10 heteroatoms. The van der Waals surface area contributed by atoms with E-state index < -0.39 is 0 Å². The van der Waals surface area contributed by atoms with E-state index in [2.05, 4.69) is 10.4 Å². The first kappa shape index (κ1) is 30.3. The zero-order valence-electron chi connectivity index (χ0n) is 24.3. The van der Waals surface area contributed by atoms with Crippen LogP contribution in [0.5, 0.6) is 5.75 Å². The first-order valence-corrected chi connectivity index (χ1v) is 14.7. The minimum absolute atomic E-state index is 0.00103. The number of amides is 2. The third kappa shape index (κ3) is 7.77. The lowest BCUT2D eigenvalue weighted by molar-refractivity contribution is -0.135. The summed E-state index contributed by atoms with van der Waals surface area (Å²) in [6, 6.07) is 13.6. The Morgan fingerprint density at radius 2 is 1.88 bits per heavy atom. The number of carbonyl (C=O) groups excluding carboxylic acids is 2. The van der Waals surface area contributed by atoms with E-state index in [1.165, 1.54) is 11.4 Å². The maximum Gasteiger partial charge on any atom is 0.260 e. The lowest BCUT2D eigenvalue weighted by Gasteiger charge is -2.34. The summed E-state index contributed by atoms with van der Waals surface area (Å²) >= 11 is 0. The second-order valence-corrected chi connectivity index (χ2v) is 10.7. The van der Waals surface area contributed by atoms with Crippen molar-refractivity contribution in [2.75, 3.05) is 38.4 Å². The molecule has 0 radical (unpaired) electrons. The quantitative estimate of drug-likeness (QED) is 0.251. The molecule has 2 aromatic carbocycles. The van der Waals surface area contributed by atoms with E-state index in [0.29, 0.717) is 38.3 Å². The van der Waals surface area contributed by atoms with Crippen molar-refractivity contribution in [3.8, 4) is 5.75 Å². The first-order valence-electron chi connectivity index (χ1n) is 14.7. The van der Waals surface area contributed by atoms with E-state index in [1.807, 2.05) is 54.3 Å². The van der Waals surface area contributed by atoms with Gasteiger partial charge in [0.2, 0.25) is 5.91 Å². The predicted molar refractivity (Wildman–Crippen MR) is 161 cm³/mol. The highest BCUT2D eigenvalue weighted by molar-refractivity contribution is 5.97. The van der Waals surface area contributed by atoms with Crippen molar-refractivity contribution < 1.29 is 19.4 Å². The van der Waals surface area contributed by atoms with E-state index in [1.54, 1.807) is 11.9 Å². The summed E-state index contributed by atoms with van der Waals surface area (Å²) in [4.78, 5) is 34.3. The summed E-state index contributed by atoms with van der Waals surface area (Å²) in [5, 5.41) is 11.0. The van der Waals surface area contributed by atoms with Gasteiger partial charge in [-0.3, -0.25) is 9.59 Å². The zero-order valence-corrected chi connectivity index (χ0v) is 24.3. The van der Waals surface area contributed by atoms with Crippen LogP contribution in [0, 0.1) is 6.92 Å². The van der Waals surface area contributed by atoms with E-state index in [9.17, 15) is 14.7 Å². The zero-order chi connectivity index (χ0) is 29.2. The van der Waals surface area contributed by atoms with Gasteiger partial charge in [0.15, 0.2) is 5.96 Å². The normalized spacial score (nSPS) is 15.2. The van der Waals surface area contributed by atoms with Crippen LogP contribution >= 0.6 is 0 Å². The van der Waals surface area contributed by atoms with Crippen molar-refractivity contribution in [1.82, 2.24) is 15.2 Å². The largest absolute Gasteiger partial charge is 0.493 e. The van der Waals surface area contributed by atoms with Gasteiger partial charge in [0.25, 0.3) is 5.91 Å². The third-order valence-corrected chi connectivity index (χ3v) is 7.89. The topological polar surface area (TPSA) is 124 Å². The van der Waals surface area contributed by atoms with Crippen LogP contribution in [0.25, 0.3) is 0 Å². The van der Waals surface area contributed by atoms with Crippen LogP contribution in [0.15, 0.2) is 47.5 Å². The summed E-state index contributed by atoms with van der Waals surface area (Å²) in [7, 11) is 1.72. The van der Waals surface area contributed by atoms with Gasteiger partial charge >= 0.3 is 0 Å². The fourth-order valence-corrected chi connectivity index (χ4v) is 5.70. The van der Waals surface area contributed by atoms with Gasteiger partial charge in [-0.2, -0.15) is 0 Å². The average molecular weight is 565 g/mol. The molecule has 1 saturated carbocycles. The summed E-state index contributed by atoms with van der Waals surface area (Å²) in [5.74, 6) is 0.952. The Morgan fingerprint density at radius 3 is 2.61 bits per heavy atom. The minimum atomic E-state index is -0.157. The SMILES string of the molecule is CNN(C(=O)CN1Cc2c(cccc2OCCCCC(=O)N(CCO)C2CCCCC2)N=C1N)c1ccccc1C. The number of nitrogens with two attached hydrogens (primary N) is 1. The van der Waals surface area contributed by atoms with E-state index in [4.69, 9.17) is 10.5 Å². The number of benzene rings is 2. The summed E-state index contributed by atoms with van der Waals surface area (Å²) in [5.41, 5.74) is 12.6. The van der Waals surface area contributed by atoms with Gasteiger partial charge in [0.1, 0.15) is 12.3 Å². The van der Waals surface area contributed by atoms with Crippen molar-refractivity contribution in [3.05, 3.63) is 53.6 Å². The number of aliphatic imine (C=N–C) groups is 1. The highest BCUT2D eigenvalue weighted by atomic mass is 16.5. The van der Waals surface area contributed by atoms with Crippen molar-refractivity contribution in [2.24, 2.45) is 10.7 Å². The number of para-hydroxylation sites is 1. The van der Waals surface area contributed by atoms with Crippen LogP contribution < -0.4 is 20.9 Å².